The molecule has 100 valence electrons. The summed E-state index contributed by atoms with van der Waals surface area (Å²) in [5.41, 5.74) is 0. The summed E-state index contributed by atoms with van der Waals surface area (Å²) in [5, 5.41) is 2.04. The van der Waals surface area contributed by atoms with E-state index in [1.165, 1.54) is 12.5 Å². The van der Waals surface area contributed by atoms with Gasteiger partial charge in [0.2, 0.25) is 5.09 Å². The molecule has 8 heteroatoms. The van der Waals surface area contributed by atoms with Crippen LogP contribution < -0.4 is 34.9 Å². The molecule has 0 unspecified atom stereocenters. The van der Waals surface area contributed by atoms with Crippen LogP contribution >= 0.6 is 0 Å². The zero-order valence-corrected chi connectivity index (χ0v) is 13.5. The van der Waals surface area contributed by atoms with Gasteiger partial charge in [-0.15, -0.1) is 0 Å². The largest absolute Gasteiger partial charge is 1.00 e. The van der Waals surface area contributed by atoms with E-state index < -0.39 is 21.1 Å². The van der Waals surface area contributed by atoms with E-state index in [4.69, 9.17) is 4.42 Å². The van der Waals surface area contributed by atoms with Crippen LogP contribution in [0.25, 0.3) is 0 Å². The van der Waals surface area contributed by atoms with Crippen LogP contribution in [0.2, 0.25) is 0 Å². The van der Waals surface area contributed by atoms with Crippen LogP contribution in [0.4, 0.5) is 0 Å². The molecule has 19 heavy (non-hydrogen) atoms. The second-order valence-corrected chi connectivity index (χ2v) is 5.69. The summed E-state index contributed by atoms with van der Waals surface area (Å²) in [6.45, 7) is 0. The Balaban J connectivity index is 0.00000180. The summed E-state index contributed by atoms with van der Waals surface area (Å²) in [6, 6.07) is 2.30. The van der Waals surface area contributed by atoms with Crippen LogP contribution in [0.3, 0.4) is 0 Å². The predicted octanol–water partition coefficient (Wildman–Crippen LogP) is -1.75. The molecule has 1 aromatic heterocycles. The van der Waals surface area contributed by atoms with Crippen LogP contribution in [0.15, 0.2) is 21.6 Å². The van der Waals surface area contributed by atoms with E-state index in [9.17, 15) is 17.8 Å². The summed E-state index contributed by atoms with van der Waals surface area (Å²) < 4.78 is 36.8. The van der Waals surface area contributed by atoms with Crippen molar-refractivity contribution in [1.82, 2.24) is 5.32 Å². The fourth-order valence-electron chi connectivity index (χ4n) is 2.08. The van der Waals surface area contributed by atoms with Gasteiger partial charge in [-0.2, -0.15) is 0 Å². The Hall–Kier alpha value is -0.340. The Morgan fingerprint density at radius 1 is 1.26 bits per heavy atom. The van der Waals surface area contributed by atoms with Crippen molar-refractivity contribution >= 4 is 16.0 Å². The average molecular weight is 295 g/mol. The van der Waals surface area contributed by atoms with Crippen molar-refractivity contribution in [1.29, 1.82) is 0 Å². The van der Waals surface area contributed by atoms with Gasteiger partial charge >= 0.3 is 29.6 Å². The topological polar surface area (TPSA) is 99.4 Å². The van der Waals surface area contributed by atoms with Crippen molar-refractivity contribution in [2.75, 3.05) is 0 Å². The van der Waals surface area contributed by atoms with Gasteiger partial charge in [0, 0.05) is 6.04 Å². The second-order valence-electron chi connectivity index (χ2n) is 4.38. The van der Waals surface area contributed by atoms with E-state index in [1.807, 2.05) is 0 Å². The van der Waals surface area contributed by atoms with Crippen molar-refractivity contribution in [3.63, 3.8) is 0 Å². The molecule has 0 bridgehead atoms. The summed E-state index contributed by atoms with van der Waals surface area (Å²) in [6.07, 6.45) is 5.15. The molecular weight excluding hydrogens is 281 g/mol. The normalized spacial score (nSPS) is 16.7. The average Bonchev–Trinajstić information content (AvgIpc) is 2.79. The number of furan rings is 1. The Morgan fingerprint density at radius 3 is 2.42 bits per heavy atom. The summed E-state index contributed by atoms with van der Waals surface area (Å²) >= 11 is 0. The Labute approximate surface area is 134 Å². The van der Waals surface area contributed by atoms with Gasteiger partial charge in [-0.1, -0.05) is 19.3 Å². The Morgan fingerprint density at radius 2 is 1.89 bits per heavy atom. The van der Waals surface area contributed by atoms with Crippen molar-refractivity contribution < 1.29 is 51.7 Å². The standard InChI is InChI=1S/C11H15NO5S.Na/c13-11(12-8-4-2-1-3-5-8)9-6-7-10(17-9)18(14,15)16;/h6-8H,1-5H2,(H,12,13)(H,14,15,16);/q;+1/p-1. The third kappa shape index (κ3) is 4.61. The summed E-state index contributed by atoms with van der Waals surface area (Å²) in [4.78, 5) is 11.8. The van der Waals surface area contributed by atoms with Crippen molar-refractivity contribution in [3.05, 3.63) is 17.9 Å². The zero-order valence-electron chi connectivity index (χ0n) is 10.7. The van der Waals surface area contributed by atoms with Crippen LogP contribution in [0, 0.1) is 0 Å². The number of hydrogen-bond acceptors (Lipinski definition) is 5. The minimum absolute atomic E-state index is 0. The first kappa shape index (κ1) is 16.7. The van der Waals surface area contributed by atoms with E-state index in [-0.39, 0.29) is 41.4 Å². The number of carbonyl (C=O) groups is 1. The molecule has 2 rings (SSSR count). The van der Waals surface area contributed by atoms with Gasteiger partial charge in [-0.05, 0) is 25.0 Å². The van der Waals surface area contributed by atoms with Gasteiger partial charge in [-0.25, -0.2) is 8.42 Å². The summed E-state index contributed by atoms with van der Waals surface area (Å²) in [5.74, 6) is -0.619. The molecule has 0 spiro atoms. The van der Waals surface area contributed by atoms with Crippen LogP contribution in [-0.2, 0) is 10.1 Å². The number of carbonyl (C=O) groups excluding carboxylic acids is 1. The predicted molar refractivity (Wildman–Crippen MR) is 61.0 cm³/mol. The number of hydrogen-bond donors (Lipinski definition) is 1. The molecule has 0 aliphatic heterocycles. The van der Waals surface area contributed by atoms with E-state index in [0.29, 0.717) is 0 Å². The van der Waals surface area contributed by atoms with E-state index in [2.05, 4.69) is 5.32 Å². The van der Waals surface area contributed by atoms with Crippen molar-refractivity contribution in [2.45, 2.75) is 43.2 Å². The molecule has 1 amide bonds. The molecule has 6 nitrogen and oxygen atoms in total. The monoisotopic (exact) mass is 295 g/mol. The van der Waals surface area contributed by atoms with E-state index in [0.717, 1.165) is 31.7 Å². The molecule has 0 aromatic carbocycles. The molecule has 1 heterocycles. The van der Waals surface area contributed by atoms with Gasteiger partial charge in [0.05, 0.1) is 0 Å². The maximum Gasteiger partial charge on any atom is 1.00 e. The second kappa shape index (κ2) is 6.90. The van der Waals surface area contributed by atoms with Crippen molar-refractivity contribution in [2.24, 2.45) is 0 Å². The minimum atomic E-state index is -4.65. The van der Waals surface area contributed by atoms with Gasteiger partial charge < -0.3 is 14.3 Å². The van der Waals surface area contributed by atoms with E-state index in [1.54, 1.807) is 0 Å². The Bertz CT molecular complexity index is 533. The Kier molecular flexibility index (Phi) is 6.07. The van der Waals surface area contributed by atoms with Crippen molar-refractivity contribution in [3.8, 4) is 0 Å². The first-order valence-electron chi connectivity index (χ1n) is 5.83. The molecule has 1 aliphatic rings. The van der Waals surface area contributed by atoms with Crippen LogP contribution in [0.5, 0.6) is 0 Å². The number of amides is 1. The smallest absolute Gasteiger partial charge is 0.742 e. The van der Waals surface area contributed by atoms with E-state index >= 15 is 0 Å². The van der Waals surface area contributed by atoms with Crippen LogP contribution in [-0.4, -0.2) is 24.9 Å². The maximum absolute atomic E-state index is 11.8. The molecule has 1 fully saturated rings. The van der Waals surface area contributed by atoms with Crippen LogP contribution in [0.1, 0.15) is 42.7 Å². The number of nitrogens with one attached hydrogen (secondary N) is 1. The van der Waals surface area contributed by atoms with Gasteiger partial charge in [-0.3, -0.25) is 4.79 Å². The molecule has 0 radical (unpaired) electrons. The minimum Gasteiger partial charge on any atom is -0.742 e. The summed E-state index contributed by atoms with van der Waals surface area (Å²) in [7, 11) is -4.65. The molecule has 1 aliphatic carbocycles. The first-order valence-corrected chi connectivity index (χ1v) is 7.24. The molecular formula is C11H14NNaO5S. The SMILES string of the molecule is O=C(NC1CCCCC1)c1ccc(S(=O)(=O)[O-])o1.[Na+]. The molecule has 1 N–H and O–H groups in total. The first-order chi connectivity index (χ1) is 8.47. The zero-order chi connectivity index (χ0) is 13.2. The molecule has 1 saturated carbocycles. The van der Waals surface area contributed by atoms with Gasteiger partial charge in [0.1, 0.15) is 0 Å². The van der Waals surface area contributed by atoms with Gasteiger partial charge in [0.15, 0.2) is 15.9 Å². The van der Waals surface area contributed by atoms with Gasteiger partial charge in [0.25, 0.3) is 5.91 Å². The quantitative estimate of drug-likeness (QED) is 0.526. The molecule has 0 atom stereocenters. The molecule has 1 aromatic rings. The third-order valence-corrected chi connectivity index (χ3v) is 3.70. The third-order valence-electron chi connectivity index (χ3n) is 2.99. The fraction of sp³-hybridized carbons (Fsp3) is 0.545. The number of rotatable bonds is 3. The molecule has 0 saturated heterocycles. The fourth-order valence-corrected chi connectivity index (χ4v) is 2.51. The maximum atomic E-state index is 11.8.